The number of hydrogen-bond donors (Lipinski definition) is 1. The molecular weight excluding hydrogens is 218 g/mol. The van der Waals surface area contributed by atoms with Crippen LogP contribution in [0.5, 0.6) is 0 Å². The van der Waals surface area contributed by atoms with Crippen molar-refractivity contribution in [3.05, 3.63) is 5.56 Å². The second-order valence-electron chi connectivity index (χ2n) is 4.55. The largest absolute Gasteiger partial charge is 0.383 e. The van der Waals surface area contributed by atoms with Crippen LogP contribution in [0, 0.1) is 0 Å². The minimum Gasteiger partial charge on any atom is -0.383 e. The Balaban J connectivity index is 2.21. The lowest BCUT2D eigenvalue weighted by atomic mass is 10.2. The summed E-state index contributed by atoms with van der Waals surface area (Å²) in [5.74, 6) is 1.48. The first-order valence-corrected chi connectivity index (χ1v) is 7.05. The van der Waals surface area contributed by atoms with E-state index in [9.17, 15) is 0 Å². The van der Waals surface area contributed by atoms with Gasteiger partial charge in [0.2, 0.25) is 0 Å². The zero-order chi connectivity index (χ0) is 11.5. The Morgan fingerprint density at radius 3 is 2.44 bits per heavy atom. The summed E-state index contributed by atoms with van der Waals surface area (Å²) >= 11 is 1.58. The minimum atomic E-state index is 0.699. The van der Waals surface area contributed by atoms with Crippen LogP contribution < -0.4 is 10.6 Å². The summed E-state index contributed by atoms with van der Waals surface area (Å²) in [7, 11) is 0. The molecule has 0 bridgehead atoms. The zero-order valence-corrected chi connectivity index (χ0v) is 11.0. The summed E-state index contributed by atoms with van der Waals surface area (Å²) in [4.78, 5) is 2.46. The van der Waals surface area contributed by atoms with Crippen molar-refractivity contribution < 1.29 is 0 Å². The van der Waals surface area contributed by atoms with E-state index in [4.69, 9.17) is 5.73 Å². The maximum absolute atomic E-state index is 5.99. The van der Waals surface area contributed by atoms with Crippen molar-refractivity contribution in [1.82, 2.24) is 4.37 Å². The molecule has 2 rings (SSSR count). The van der Waals surface area contributed by atoms with E-state index in [1.807, 2.05) is 0 Å². The molecule has 0 aromatic carbocycles. The number of nitrogens with two attached hydrogens (primary N) is 1. The summed E-state index contributed by atoms with van der Waals surface area (Å²) in [6.45, 7) is 6.69. The summed E-state index contributed by atoms with van der Waals surface area (Å²) in [6.07, 6.45) is 4.95. The quantitative estimate of drug-likeness (QED) is 0.828. The summed E-state index contributed by atoms with van der Waals surface area (Å²) in [5, 5.41) is 1.34. The van der Waals surface area contributed by atoms with Crippen molar-refractivity contribution in [3.63, 3.8) is 0 Å². The lowest BCUT2D eigenvalue weighted by Gasteiger charge is -2.22. The van der Waals surface area contributed by atoms with Gasteiger partial charge >= 0.3 is 0 Å². The molecule has 1 fully saturated rings. The van der Waals surface area contributed by atoms with Crippen molar-refractivity contribution in [1.29, 1.82) is 0 Å². The fourth-order valence-electron chi connectivity index (χ4n) is 2.14. The number of rotatable bonds is 6. The standard InChI is InChI=1S/C12H21N3S/c1-3-7-15(8-4-2)12-10(9-5-6-9)11(13)14-16-12/h9H,3-8H2,1-2H3,(H2,13,14). The van der Waals surface area contributed by atoms with Gasteiger partial charge in [-0.25, -0.2) is 0 Å². The van der Waals surface area contributed by atoms with Gasteiger partial charge in [-0.15, -0.1) is 0 Å². The maximum Gasteiger partial charge on any atom is 0.142 e. The first-order chi connectivity index (χ1) is 7.77. The van der Waals surface area contributed by atoms with Crippen LogP contribution in [0.3, 0.4) is 0 Å². The van der Waals surface area contributed by atoms with E-state index in [0.717, 1.165) is 18.9 Å². The van der Waals surface area contributed by atoms with Gasteiger partial charge in [-0.3, -0.25) is 0 Å². The molecule has 2 N–H and O–H groups in total. The van der Waals surface area contributed by atoms with E-state index < -0.39 is 0 Å². The normalized spacial score (nSPS) is 15.4. The highest BCUT2D eigenvalue weighted by Gasteiger charge is 2.31. The van der Waals surface area contributed by atoms with E-state index in [1.54, 1.807) is 11.5 Å². The molecule has 3 nitrogen and oxygen atoms in total. The molecule has 0 saturated heterocycles. The second kappa shape index (κ2) is 5.04. The van der Waals surface area contributed by atoms with Gasteiger partial charge in [0.05, 0.1) is 0 Å². The van der Waals surface area contributed by atoms with Crippen LogP contribution in [0.4, 0.5) is 10.8 Å². The molecule has 16 heavy (non-hydrogen) atoms. The van der Waals surface area contributed by atoms with Crippen LogP contribution in [0.25, 0.3) is 0 Å². The maximum atomic E-state index is 5.99. The Kier molecular flexibility index (Phi) is 3.69. The third-order valence-corrected chi connectivity index (χ3v) is 3.94. The smallest absolute Gasteiger partial charge is 0.142 e. The summed E-state index contributed by atoms with van der Waals surface area (Å²) in [6, 6.07) is 0. The van der Waals surface area contributed by atoms with E-state index in [-0.39, 0.29) is 0 Å². The molecule has 1 aliphatic rings. The fourth-order valence-corrected chi connectivity index (χ4v) is 3.09. The van der Waals surface area contributed by atoms with Gasteiger partial charge in [-0.1, -0.05) is 13.8 Å². The molecule has 4 heteroatoms. The van der Waals surface area contributed by atoms with Crippen molar-refractivity contribution in [3.8, 4) is 0 Å². The molecule has 1 aromatic heterocycles. The SMILES string of the molecule is CCCN(CCC)c1snc(N)c1C1CC1. The predicted molar refractivity (Wildman–Crippen MR) is 71.3 cm³/mol. The van der Waals surface area contributed by atoms with Crippen molar-refractivity contribution in [2.75, 3.05) is 23.7 Å². The van der Waals surface area contributed by atoms with Gasteiger partial charge in [0, 0.05) is 18.7 Å². The van der Waals surface area contributed by atoms with Crippen LogP contribution >= 0.6 is 11.5 Å². The molecule has 0 unspecified atom stereocenters. The average Bonchev–Trinajstić information content (AvgIpc) is 3.02. The fraction of sp³-hybridized carbons (Fsp3) is 0.750. The monoisotopic (exact) mass is 239 g/mol. The topological polar surface area (TPSA) is 42.2 Å². The second-order valence-corrected chi connectivity index (χ2v) is 5.30. The Morgan fingerprint density at radius 1 is 1.31 bits per heavy atom. The number of nitrogen functional groups attached to an aromatic ring is 1. The van der Waals surface area contributed by atoms with Gasteiger partial charge in [-0.2, -0.15) is 4.37 Å². The Morgan fingerprint density at radius 2 is 1.94 bits per heavy atom. The third kappa shape index (κ3) is 2.32. The molecule has 0 aliphatic heterocycles. The lowest BCUT2D eigenvalue weighted by molar-refractivity contribution is 0.747. The molecule has 1 aromatic rings. The first kappa shape index (κ1) is 11.7. The molecule has 1 heterocycles. The Hall–Kier alpha value is -0.770. The molecule has 1 saturated carbocycles. The van der Waals surface area contributed by atoms with Gasteiger partial charge in [0.1, 0.15) is 10.8 Å². The van der Waals surface area contributed by atoms with E-state index in [0.29, 0.717) is 5.92 Å². The highest BCUT2D eigenvalue weighted by atomic mass is 32.1. The summed E-state index contributed by atoms with van der Waals surface area (Å²) < 4.78 is 4.34. The van der Waals surface area contributed by atoms with Crippen LogP contribution in [0.15, 0.2) is 0 Å². The zero-order valence-electron chi connectivity index (χ0n) is 10.2. The number of anilines is 2. The van der Waals surface area contributed by atoms with Crippen molar-refractivity contribution in [2.24, 2.45) is 0 Å². The number of hydrogen-bond acceptors (Lipinski definition) is 4. The van der Waals surface area contributed by atoms with Gasteiger partial charge < -0.3 is 10.6 Å². The predicted octanol–water partition coefficient (Wildman–Crippen LogP) is 3.23. The van der Waals surface area contributed by atoms with Crippen molar-refractivity contribution in [2.45, 2.75) is 45.4 Å². The Bertz CT molecular complexity index is 338. The van der Waals surface area contributed by atoms with E-state index in [2.05, 4.69) is 23.1 Å². The van der Waals surface area contributed by atoms with Crippen LogP contribution in [-0.4, -0.2) is 17.5 Å². The highest BCUT2D eigenvalue weighted by molar-refractivity contribution is 7.10. The number of nitrogens with zero attached hydrogens (tertiary/aromatic N) is 2. The third-order valence-electron chi connectivity index (χ3n) is 3.00. The molecule has 0 radical (unpaired) electrons. The lowest BCUT2D eigenvalue weighted by Crippen LogP contribution is -2.24. The number of aromatic nitrogens is 1. The van der Waals surface area contributed by atoms with Crippen LogP contribution in [0.1, 0.15) is 51.0 Å². The van der Waals surface area contributed by atoms with Gasteiger partial charge in [0.15, 0.2) is 0 Å². The highest BCUT2D eigenvalue weighted by Crippen LogP contribution is 2.48. The van der Waals surface area contributed by atoms with Gasteiger partial charge in [0.25, 0.3) is 0 Å². The average molecular weight is 239 g/mol. The van der Waals surface area contributed by atoms with Crippen LogP contribution in [-0.2, 0) is 0 Å². The summed E-state index contributed by atoms with van der Waals surface area (Å²) in [5.41, 5.74) is 7.32. The van der Waals surface area contributed by atoms with Gasteiger partial charge in [-0.05, 0) is 43.1 Å². The van der Waals surface area contributed by atoms with Crippen molar-refractivity contribution >= 4 is 22.4 Å². The molecule has 0 amide bonds. The molecular formula is C12H21N3S. The minimum absolute atomic E-state index is 0.699. The molecule has 0 atom stereocenters. The van der Waals surface area contributed by atoms with E-state index >= 15 is 0 Å². The molecule has 90 valence electrons. The van der Waals surface area contributed by atoms with E-state index in [1.165, 1.54) is 36.2 Å². The molecule has 1 aliphatic carbocycles. The Labute approximate surface area is 102 Å². The molecule has 0 spiro atoms. The van der Waals surface area contributed by atoms with Crippen LogP contribution in [0.2, 0.25) is 0 Å². The first-order valence-electron chi connectivity index (χ1n) is 6.27.